The predicted octanol–water partition coefficient (Wildman–Crippen LogP) is 2.05. The van der Waals surface area contributed by atoms with Crippen LogP contribution in [0.15, 0.2) is 34.3 Å². The molecular formula is C13H14ClN5O2. The normalized spacial score (nSPS) is 11.0. The Bertz CT molecular complexity index is 699. The molecule has 2 aromatic rings. The lowest BCUT2D eigenvalue weighted by Gasteiger charge is -2.11. The highest BCUT2D eigenvalue weighted by Gasteiger charge is 2.04. The molecule has 0 amide bonds. The maximum Gasteiger partial charge on any atom is 0.363 e. The van der Waals surface area contributed by atoms with Crippen molar-refractivity contribution in [2.45, 2.75) is 20.0 Å². The van der Waals surface area contributed by atoms with Gasteiger partial charge < -0.3 is 4.74 Å². The van der Waals surface area contributed by atoms with E-state index in [-0.39, 0.29) is 11.9 Å². The van der Waals surface area contributed by atoms with Gasteiger partial charge in [0.1, 0.15) is 5.75 Å². The zero-order valence-corrected chi connectivity index (χ0v) is 12.3. The molecule has 0 radical (unpaired) electrons. The van der Waals surface area contributed by atoms with E-state index in [1.165, 1.54) is 6.20 Å². The van der Waals surface area contributed by atoms with Gasteiger partial charge in [0.15, 0.2) is 5.82 Å². The number of nitrogens with one attached hydrogen (secondary N) is 2. The number of ether oxygens (including phenoxy) is 1. The number of benzene rings is 1. The number of halogens is 1. The minimum atomic E-state index is -0.548. The van der Waals surface area contributed by atoms with Crippen LogP contribution in [0.25, 0.3) is 0 Å². The van der Waals surface area contributed by atoms with Crippen molar-refractivity contribution in [3.8, 4) is 5.75 Å². The van der Waals surface area contributed by atoms with Crippen LogP contribution < -0.4 is 15.9 Å². The van der Waals surface area contributed by atoms with E-state index in [9.17, 15) is 4.79 Å². The molecule has 0 atom stereocenters. The third kappa shape index (κ3) is 4.57. The summed E-state index contributed by atoms with van der Waals surface area (Å²) in [5, 5.41) is 10.2. The number of anilines is 1. The molecule has 0 aliphatic carbocycles. The lowest BCUT2D eigenvalue weighted by atomic mass is 10.2. The van der Waals surface area contributed by atoms with Gasteiger partial charge in [0.25, 0.3) is 0 Å². The number of hydrogen-bond acceptors (Lipinski definition) is 6. The van der Waals surface area contributed by atoms with Crippen molar-refractivity contribution in [3.05, 3.63) is 45.5 Å². The monoisotopic (exact) mass is 307 g/mol. The Morgan fingerprint density at radius 2 is 2.29 bits per heavy atom. The first kappa shape index (κ1) is 15.0. The van der Waals surface area contributed by atoms with Crippen molar-refractivity contribution in [3.63, 3.8) is 0 Å². The molecule has 7 nitrogen and oxygen atoms in total. The number of nitrogens with zero attached hydrogens (tertiary/aromatic N) is 3. The fraction of sp³-hybridized carbons (Fsp3) is 0.231. The highest BCUT2D eigenvalue weighted by atomic mass is 35.5. The number of aromatic amines is 1. The second kappa shape index (κ2) is 6.85. The summed E-state index contributed by atoms with van der Waals surface area (Å²) >= 11 is 6.12. The molecule has 110 valence electrons. The summed E-state index contributed by atoms with van der Waals surface area (Å²) in [4.78, 5) is 14.6. The van der Waals surface area contributed by atoms with Crippen LogP contribution in [-0.2, 0) is 0 Å². The Hall–Kier alpha value is -2.41. The zero-order chi connectivity index (χ0) is 15.2. The van der Waals surface area contributed by atoms with Crippen LogP contribution in [-0.4, -0.2) is 27.5 Å². The van der Waals surface area contributed by atoms with Gasteiger partial charge in [-0.1, -0.05) is 11.6 Å². The largest absolute Gasteiger partial charge is 0.489 e. The van der Waals surface area contributed by atoms with Crippen LogP contribution in [0.5, 0.6) is 5.75 Å². The molecule has 2 N–H and O–H groups in total. The molecule has 0 aliphatic rings. The van der Waals surface area contributed by atoms with Crippen molar-refractivity contribution >= 4 is 23.6 Å². The van der Waals surface area contributed by atoms with Crippen LogP contribution in [0.3, 0.4) is 0 Å². The van der Waals surface area contributed by atoms with Crippen LogP contribution >= 0.6 is 11.6 Å². The van der Waals surface area contributed by atoms with Gasteiger partial charge in [-0.2, -0.15) is 15.2 Å². The quantitative estimate of drug-likeness (QED) is 0.651. The smallest absolute Gasteiger partial charge is 0.363 e. The van der Waals surface area contributed by atoms with Gasteiger partial charge >= 0.3 is 5.69 Å². The molecule has 0 saturated heterocycles. The lowest BCUT2D eigenvalue weighted by molar-refractivity contribution is 0.242. The molecular weight excluding hydrogens is 294 g/mol. The fourth-order valence-electron chi connectivity index (χ4n) is 1.49. The summed E-state index contributed by atoms with van der Waals surface area (Å²) in [6, 6.07) is 5.32. The predicted molar refractivity (Wildman–Crippen MR) is 81.1 cm³/mol. The highest BCUT2D eigenvalue weighted by molar-refractivity contribution is 6.32. The maximum absolute atomic E-state index is 10.9. The fourth-order valence-corrected chi connectivity index (χ4v) is 1.72. The molecule has 1 heterocycles. The minimum absolute atomic E-state index is 0.0541. The molecule has 0 aliphatic heterocycles. The maximum atomic E-state index is 10.9. The number of hydrogen-bond donors (Lipinski definition) is 2. The standard InChI is InChI=1S/C13H14ClN5O2/c1-8(2)21-11-4-3-9(5-10(11)14)6-15-18-12-7-16-19-13(20)17-12/h3-8H,1-2H3,(H2,17,18,19,20)/b15-6+. The molecule has 0 unspecified atom stereocenters. The van der Waals surface area contributed by atoms with Gasteiger partial charge in [0.2, 0.25) is 0 Å². The molecule has 21 heavy (non-hydrogen) atoms. The van der Waals surface area contributed by atoms with Gasteiger partial charge in [-0.15, -0.1) is 0 Å². The first-order valence-corrected chi connectivity index (χ1v) is 6.59. The van der Waals surface area contributed by atoms with E-state index in [0.29, 0.717) is 10.8 Å². The molecule has 1 aromatic heterocycles. The number of H-pyrrole nitrogens is 1. The summed E-state index contributed by atoms with van der Waals surface area (Å²) in [5.41, 5.74) is 2.83. The molecule has 0 saturated carbocycles. The number of hydrazone groups is 1. The van der Waals surface area contributed by atoms with Crippen molar-refractivity contribution < 1.29 is 4.74 Å². The van der Waals surface area contributed by atoms with Crippen LogP contribution in [0.1, 0.15) is 19.4 Å². The SMILES string of the molecule is CC(C)Oc1ccc(/C=N/Nc2cn[nH]c(=O)n2)cc1Cl. The highest BCUT2D eigenvalue weighted by Crippen LogP contribution is 2.25. The second-order valence-electron chi connectivity index (χ2n) is 4.40. The summed E-state index contributed by atoms with van der Waals surface area (Å²) in [6.07, 6.45) is 2.96. The van der Waals surface area contributed by atoms with Gasteiger partial charge in [0, 0.05) is 0 Å². The van der Waals surface area contributed by atoms with Gasteiger partial charge in [-0.05, 0) is 37.6 Å². The van der Waals surface area contributed by atoms with Crippen molar-refractivity contribution in [1.29, 1.82) is 0 Å². The van der Waals surface area contributed by atoms with E-state index in [2.05, 4.69) is 25.7 Å². The first-order chi connectivity index (χ1) is 10.0. The van der Waals surface area contributed by atoms with E-state index < -0.39 is 5.69 Å². The van der Waals surface area contributed by atoms with E-state index >= 15 is 0 Å². The average molecular weight is 308 g/mol. The van der Waals surface area contributed by atoms with Gasteiger partial charge in [0.05, 0.1) is 23.5 Å². The van der Waals surface area contributed by atoms with Crippen molar-refractivity contribution in [2.24, 2.45) is 5.10 Å². The Morgan fingerprint density at radius 3 is 2.95 bits per heavy atom. The molecule has 8 heteroatoms. The van der Waals surface area contributed by atoms with Gasteiger partial charge in [-0.25, -0.2) is 9.89 Å². The molecule has 0 spiro atoms. The second-order valence-corrected chi connectivity index (χ2v) is 4.81. The Morgan fingerprint density at radius 1 is 1.48 bits per heavy atom. The van der Waals surface area contributed by atoms with Crippen LogP contribution in [0, 0.1) is 0 Å². The summed E-state index contributed by atoms with van der Waals surface area (Å²) in [5.74, 6) is 0.873. The molecule has 2 rings (SSSR count). The molecule has 0 bridgehead atoms. The Kier molecular flexibility index (Phi) is 4.89. The minimum Gasteiger partial charge on any atom is -0.489 e. The number of aromatic nitrogens is 3. The molecule has 1 aromatic carbocycles. The van der Waals surface area contributed by atoms with E-state index in [0.717, 1.165) is 5.56 Å². The lowest BCUT2D eigenvalue weighted by Crippen LogP contribution is -2.13. The summed E-state index contributed by atoms with van der Waals surface area (Å²) in [7, 11) is 0. The van der Waals surface area contributed by atoms with E-state index in [4.69, 9.17) is 16.3 Å². The summed E-state index contributed by atoms with van der Waals surface area (Å²) in [6.45, 7) is 3.86. The zero-order valence-electron chi connectivity index (χ0n) is 11.5. The average Bonchev–Trinajstić information content (AvgIpc) is 2.41. The summed E-state index contributed by atoms with van der Waals surface area (Å²) < 4.78 is 5.54. The van der Waals surface area contributed by atoms with Crippen molar-refractivity contribution in [2.75, 3.05) is 5.43 Å². The van der Waals surface area contributed by atoms with Crippen molar-refractivity contribution in [1.82, 2.24) is 15.2 Å². The van der Waals surface area contributed by atoms with E-state index in [1.807, 2.05) is 19.9 Å². The first-order valence-electron chi connectivity index (χ1n) is 6.21. The van der Waals surface area contributed by atoms with Crippen LogP contribution in [0.4, 0.5) is 5.82 Å². The number of rotatable bonds is 5. The van der Waals surface area contributed by atoms with E-state index in [1.54, 1.807) is 18.3 Å². The van der Waals surface area contributed by atoms with Gasteiger partial charge in [-0.3, -0.25) is 5.43 Å². The van der Waals surface area contributed by atoms with Crippen LogP contribution in [0.2, 0.25) is 5.02 Å². The molecule has 0 fully saturated rings. The third-order valence-corrected chi connectivity index (χ3v) is 2.58. The topological polar surface area (TPSA) is 92.3 Å². The Balaban J connectivity index is 2.04. The Labute approximate surface area is 126 Å². The third-order valence-electron chi connectivity index (χ3n) is 2.28.